The fraction of sp³-hybridized carbons (Fsp3) is 0.312. The van der Waals surface area contributed by atoms with Crippen LogP contribution >= 0.6 is 0 Å². The molecular weight excluding hydrogens is 532 g/mol. The Bertz CT molecular complexity index is 1470. The van der Waals surface area contributed by atoms with E-state index < -0.39 is 0 Å². The average molecular weight is 573 g/mol. The molecule has 10 nitrogen and oxygen atoms in total. The van der Waals surface area contributed by atoms with E-state index in [9.17, 15) is 9.59 Å². The van der Waals surface area contributed by atoms with Gasteiger partial charge in [0.05, 0.1) is 42.5 Å². The van der Waals surface area contributed by atoms with Gasteiger partial charge in [0, 0.05) is 38.0 Å². The van der Waals surface area contributed by atoms with Crippen molar-refractivity contribution in [3.8, 4) is 5.75 Å². The molecule has 10 heteroatoms. The molecule has 0 spiro atoms. The number of aromatic nitrogens is 2. The first-order valence-electron chi connectivity index (χ1n) is 13.6. The molecule has 3 rings (SSSR count). The van der Waals surface area contributed by atoms with Gasteiger partial charge in [0.2, 0.25) is 11.9 Å². The van der Waals surface area contributed by atoms with Gasteiger partial charge >= 0.3 is 5.97 Å². The molecule has 1 aromatic heterocycles. The van der Waals surface area contributed by atoms with Crippen molar-refractivity contribution in [2.24, 2.45) is 0 Å². The first-order chi connectivity index (χ1) is 20.1. The molecule has 0 unspecified atom stereocenters. The Hall–Kier alpha value is -4.70. The number of likely N-dealkylation sites (N-methyl/N-ethyl adjacent to an activating group) is 2. The van der Waals surface area contributed by atoms with E-state index in [0.717, 1.165) is 41.9 Å². The van der Waals surface area contributed by atoms with E-state index in [0.29, 0.717) is 34.3 Å². The standard InChI is InChI=1S/C32H40N6O4/c1-9-21-18-22(31(40)42-8)12-13-24(21)23(10-2)25-14-15-33-32(35-25)36-27-19-26(34-30(39)11-3)28(20-29(27)41-7)38(6)17-16-37(4)5/h10-15,18-20H,3,9,16-17H2,1-2,4-8H3,(H,34,39)(H,33,35,36)/b23-10+. The molecule has 0 saturated heterocycles. The zero-order valence-electron chi connectivity index (χ0n) is 25.4. The third kappa shape index (κ3) is 7.73. The van der Waals surface area contributed by atoms with Crippen LogP contribution in [-0.2, 0) is 16.0 Å². The molecule has 2 N–H and O–H groups in total. The summed E-state index contributed by atoms with van der Waals surface area (Å²) in [6, 6.07) is 11.0. The number of carbonyl (C=O) groups is 2. The average Bonchev–Trinajstić information content (AvgIpc) is 3.00. The van der Waals surface area contributed by atoms with Gasteiger partial charge in [-0.2, -0.15) is 0 Å². The van der Waals surface area contributed by atoms with Crippen LogP contribution in [0, 0.1) is 0 Å². The smallest absolute Gasteiger partial charge is 0.337 e. The van der Waals surface area contributed by atoms with Crippen LogP contribution in [0.5, 0.6) is 5.75 Å². The number of nitrogens with zero attached hydrogens (tertiary/aromatic N) is 4. The Labute approximate surface area is 248 Å². The maximum Gasteiger partial charge on any atom is 0.337 e. The Morgan fingerprint density at radius 1 is 1.05 bits per heavy atom. The number of amides is 1. The highest BCUT2D eigenvalue weighted by Gasteiger charge is 2.18. The summed E-state index contributed by atoms with van der Waals surface area (Å²) >= 11 is 0. The largest absolute Gasteiger partial charge is 0.494 e. The van der Waals surface area contributed by atoms with E-state index in [4.69, 9.17) is 14.5 Å². The quantitative estimate of drug-likeness (QED) is 0.212. The van der Waals surface area contributed by atoms with Crippen molar-refractivity contribution in [3.63, 3.8) is 0 Å². The number of aryl methyl sites for hydroxylation is 1. The molecule has 0 atom stereocenters. The number of rotatable bonds is 13. The number of hydrogen-bond donors (Lipinski definition) is 2. The molecule has 2 aromatic carbocycles. The van der Waals surface area contributed by atoms with Crippen molar-refractivity contribution in [2.45, 2.75) is 20.3 Å². The van der Waals surface area contributed by atoms with Crippen molar-refractivity contribution in [3.05, 3.63) is 83.7 Å². The maximum atomic E-state index is 12.3. The molecule has 0 saturated carbocycles. The van der Waals surface area contributed by atoms with Crippen LogP contribution in [0.15, 0.2) is 61.3 Å². The van der Waals surface area contributed by atoms with Gasteiger partial charge in [-0.1, -0.05) is 25.6 Å². The highest BCUT2D eigenvalue weighted by molar-refractivity contribution is 6.02. The van der Waals surface area contributed by atoms with Crippen molar-refractivity contribution in [1.82, 2.24) is 14.9 Å². The lowest BCUT2D eigenvalue weighted by Gasteiger charge is -2.26. The van der Waals surface area contributed by atoms with Gasteiger partial charge in [-0.3, -0.25) is 4.79 Å². The Morgan fingerprint density at radius 2 is 1.81 bits per heavy atom. The lowest BCUT2D eigenvalue weighted by atomic mass is 9.93. The van der Waals surface area contributed by atoms with Gasteiger partial charge in [-0.15, -0.1) is 0 Å². The number of methoxy groups -OCH3 is 2. The number of esters is 1. The summed E-state index contributed by atoms with van der Waals surface area (Å²) in [5.74, 6) is 0.211. The molecule has 0 bridgehead atoms. The van der Waals surface area contributed by atoms with Crippen molar-refractivity contribution in [2.75, 3.05) is 64.0 Å². The zero-order valence-corrected chi connectivity index (χ0v) is 25.4. The molecule has 0 fully saturated rings. The van der Waals surface area contributed by atoms with Crippen molar-refractivity contribution in [1.29, 1.82) is 0 Å². The van der Waals surface area contributed by atoms with Gasteiger partial charge < -0.3 is 29.9 Å². The van der Waals surface area contributed by atoms with Gasteiger partial charge in [0.25, 0.3) is 0 Å². The van der Waals surface area contributed by atoms with Crippen LogP contribution in [0.2, 0.25) is 0 Å². The van der Waals surface area contributed by atoms with E-state index in [1.54, 1.807) is 25.4 Å². The van der Waals surface area contributed by atoms with Crippen LogP contribution in [0.3, 0.4) is 0 Å². The minimum absolute atomic E-state index is 0.325. The number of hydrogen-bond acceptors (Lipinski definition) is 9. The summed E-state index contributed by atoms with van der Waals surface area (Å²) in [4.78, 5) is 37.8. The second-order valence-corrected chi connectivity index (χ2v) is 9.80. The predicted molar refractivity (Wildman–Crippen MR) is 169 cm³/mol. The molecule has 0 aliphatic heterocycles. The monoisotopic (exact) mass is 572 g/mol. The molecule has 1 amide bonds. The summed E-state index contributed by atoms with van der Waals surface area (Å²) in [7, 11) is 8.94. The minimum Gasteiger partial charge on any atom is -0.494 e. The lowest BCUT2D eigenvalue weighted by Crippen LogP contribution is -2.29. The van der Waals surface area contributed by atoms with Crippen LogP contribution in [-0.4, -0.2) is 75.2 Å². The van der Waals surface area contributed by atoms with Gasteiger partial charge in [0.15, 0.2) is 0 Å². The molecule has 0 radical (unpaired) electrons. The fourth-order valence-electron chi connectivity index (χ4n) is 4.43. The molecule has 0 aliphatic carbocycles. The number of ether oxygens (including phenoxy) is 2. The molecule has 42 heavy (non-hydrogen) atoms. The second kappa shape index (κ2) is 14.8. The van der Waals surface area contributed by atoms with Crippen LogP contribution < -0.4 is 20.3 Å². The highest BCUT2D eigenvalue weighted by atomic mass is 16.5. The third-order valence-corrected chi connectivity index (χ3v) is 6.72. The van der Waals surface area contributed by atoms with Crippen molar-refractivity contribution >= 4 is 40.5 Å². The van der Waals surface area contributed by atoms with Gasteiger partial charge in [-0.05, 0) is 68.9 Å². The molecule has 222 valence electrons. The first-order valence-corrected chi connectivity index (χ1v) is 13.6. The van der Waals surface area contributed by atoms with E-state index >= 15 is 0 Å². The van der Waals surface area contributed by atoms with Crippen molar-refractivity contribution < 1.29 is 19.1 Å². The predicted octanol–water partition coefficient (Wildman–Crippen LogP) is 5.15. The molecule has 1 heterocycles. The Kier molecular flexibility index (Phi) is 11.2. The molecular formula is C32H40N6O4. The topological polar surface area (TPSA) is 109 Å². The normalized spacial score (nSPS) is 11.2. The molecule has 3 aromatic rings. The summed E-state index contributed by atoms with van der Waals surface area (Å²) < 4.78 is 10.6. The van der Waals surface area contributed by atoms with E-state index in [2.05, 4.69) is 32.0 Å². The van der Waals surface area contributed by atoms with Gasteiger partial charge in [0.1, 0.15) is 5.75 Å². The fourth-order valence-corrected chi connectivity index (χ4v) is 4.43. The summed E-state index contributed by atoms with van der Waals surface area (Å²) in [6.07, 6.45) is 5.62. The van der Waals surface area contributed by atoms with E-state index in [-0.39, 0.29) is 11.9 Å². The highest BCUT2D eigenvalue weighted by Crippen LogP contribution is 2.38. The minimum atomic E-state index is -0.376. The molecule has 0 aliphatic rings. The van der Waals surface area contributed by atoms with Gasteiger partial charge in [-0.25, -0.2) is 14.8 Å². The summed E-state index contributed by atoms with van der Waals surface area (Å²) in [6.45, 7) is 9.13. The Balaban J connectivity index is 2.01. The second-order valence-electron chi connectivity index (χ2n) is 9.80. The maximum absolute atomic E-state index is 12.3. The number of anilines is 4. The van der Waals surface area contributed by atoms with E-state index in [1.165, 1.54) is 13.2 Å². The number of benzene rings is 2. The number of carbonyl (C=O) groups excluding carboxylic acids is 2. The number of allylic oxidation sites excluding steroid dienone is 1. The zero-order chi connectivity index (χ0) is 30.8. The van der Waals surface area contributed by atoms with E-state index in [1.807, 2.05) is 65.3 Å². The lowest BCUT2D eigenvalue weighted by molar-refractivity contribution is -0.111. The SMILES string of the molecule is C=CC(=O)Nc1cc(Nc2nccc(/C(=C/C)c3ccc(C(=O)OC)cc3CC)n2)c(OC)cc1N(C)CCN(C)C. The summed E-state index contributed by atoms with van der Waals surface area (Å²) in [5, 5.41) is 6.17. The third-order valence-electron chi connectivity index (χ3n) is 6.72. The first kappa shape index (κ1) is 31.8. The number of nitrogens with one attached hydrogen (secondary N) is 2. The summed E-state index contributed by atoms with van der Waals surface area (Å²) in [5.41, 5.74) is 6.04. The Morgan fingerprint density at radius 3 is 2.43 bits per heavy atom. The van der Waals surface area contributed by atoms with Crippen LogP contribution in [0.1, 0.15) is 41.0 Å². The van der Waals surface area contributed by atoms with Crippen LogP contribution in [0.4, 0.5) is 23.0 Å². The van der Waals surface area contributed by atoms with Crippen LogP contribution in [0.25, 0.3) is 5.57 Å².